The lowest BCUT2D eigenvalue weighted by Crippen LogP contribution is -2.11. The Morgan fingerprint density at radius 2 is 2.06 bits per heavy atom. The van der Waals surface area contributed by atoms with Gasteiger partial charge in [-0.05, 0) is 42.6 Å². The third-order valence-electron chi connectivity index (χ3n) is 2.68. The van der Waals surface area contributed by atoms with Crippen LogP contribution in [0.4, 0.5) is 0 Å². The molecule has 18 heavy (non-hydrogen) atoms. The second kappa shape index (κ2) is 5.93. The zero-order chi connectivity index (χ0) is 13.0. The molecule has 0 saturated carbocycles. The van der Waals surface area contributed by atoms with E-state index in [0.29, 0.717) is 0 Å². The second-order valence-electron chi connectivity index (χ2n) is 4.12. The zero-order valence-corrected chi connectivity index (χ0v) is 11.4. The van der Waals surface area contributed by atoms with E-state index < -0.39 is 0 Å². The van der Waals surface area contributed by atoms with Crippen molar-refractivity contribution in [1.29, 1.82) is 0 Å². The maximum absolute atomic E-state index is 6.20. The SMILES string of the molecule is CCCOc1ccc(C(N)c2snnc2C)cc1. The molecule has 2 N–H and O–H groups in total. The molecule has 0 bridgehead atoms. The molecule has 0 fully saturated rings. The highest BCUT2D eigenvalue weighted by molar-refractivity contribution is 7.05. The summed E-state index contributed by atoms with van der Waals surface area (Å²) in [6.07, 6.45) is 1.01. The van der Waals surface area contributed by atoms with Gasteiger partial charge in [-0.1, -0.05) is 23.5 Å². The second-order valence-corrected chi connectivity index (χ2v) is 4.90. The van der Waals surface area contributed by atoms with Crippen LogP contribution in [0, 0.1) is 6.92 Å². The van der Waals surface area contributed by atoms with Crippen molar-refractivity contribution in [1.82, 2.24) is 9.59 Å². The van der Waals surface area contributed by atoms with E-state index in [4.69, 9.17) is 10.5 Å². The van der Waals surface area contributed by atoms with E-state index in [1.807, 2.05) is 31.2 Å². The molecule has 0 aliphatic rings. The summed E-state index contributed by atoms with van der Waals surface area (Å²) in [4.78, 5) is 1.01. The summed E-state index contributed by atoms with van der Waals surface area (Å²) in [5.41, 5.74) is 8.15. The highest BCUT2D eigenvalue weighted by Crippen LogP contribution is 2.25. The summed E-state index contributed by atoms with van der Waals surface area (Å²) in [6.45, 7) is 4.75. The number of hydrogen-bond acceptors (Lipinski definition) is 5. The smallest absolute Gasteiger partial charge is 0.119 e. The van der Waals surface area contributed by atoms with Gasteiger partial charge in [-0.3, -0.25) is 0 Å². The number of ether oxygens (including phenoxy) is 1. The van der Waals surface area contributed by atoms with Gasteiger partial charge in [0, 0.05) is 0 Å². The van der Waals surface area contributed by atoms with E-state index in [9.17, 15) is 0 Å². The van der Waals surface area contributed by atoms with Gasteiger partial charge in [0.25, 0.3) is 0 Å². The van der Waals surface area contributed by atoms with Gasteiger partial charge in [0.1, 0.15) is 5.75 Å². The molecular formula is C13H17N3OS. The highest BCUT2D eigenvalue weighted by Gasteiger charge is 2.14. The number of rotatable bonds is 5. The van der Waals surface area contributed by atoms with Crippen molar-refractivity contribution in [3.8, 4) is 5.75 Å². The molecule has 0 saturated heterocycles. The Morgan fingerprint density at radius 3 is 2.61 bits per heavy atom. The van der Waals surface area contributed by atoms with Crippen LogP contribution < -0.4 is 10.5 Å². The molecule has 5 heteroatoms. The molecule has 0 spiro atoms. The van der Waals surface area contributed by atoms with E-state index in [-0.39, 0.29) is 6.04 Å². The largest absolute Gasteiger partial charge is 0.494 e. The van der Waals surface area contributed by atoms with Crippen LogP contribution in [0.3, 0.4) is 0 Å². The normalized spacial score (nSPS) is 12.4. The molecule has 2 rings (SSSR count). The van der Waals surface area contributed by atoms with Gasteiger partial charge in [-0.25, -0.2) is 0 Å². The first-order chi connectivity index (χ1) is 8.72. The van der Waals surface area contributed by atoms with E-state index in [1.165, 1.54) is 11.5 Å². The summed E-state index contributed by atoms with van der Waals surface area (Å²) in [5, 5.41) is 3.99. The lowest BCUT2D eigenvalue weighted by Gasteiger charge is -2.11. The maximum Gasteiger partial charge on any atom is 0.119 e. The molecule has 0 aliphatic heterocycles. The predicted molar refractivity (Wildman–Crippen MR) is 72.9 cm³/mol. The first-order valence-corrected chi connectivity index (χ1v) is 6.77. The molecule has 1 unspecified atom stereocenters. The minimum atomic E-state index is -0.162. The molecule has 0 amide bonds. The average molecular weight is 263 g/mol. The van der Waals surface area contributed by atoms with Crippen LogP contribution in [0.2, 0.25) is 0 Å². The Hall–Kier alpha value is -1.46. The van der Waals surface area contributed by atoms with Crippen LogP contribution in [0.15, 0.2) is 24.3 Å². The quantitative estimate of drug-likeness (QED) is 0.901. The monoisotopic (exact) mass is 263 g/mol. The van der Waals surface area contributed by atoms with Crippen molar-refractivity contribution < 1.29 is 4.74 Å². The molecule has 1 aromatic heterocycles. The van der Waals surface area contributed by atoms with Gasteiger partial charge in [0.15, 0.2) is 0 Å². The van der Waals surface area contributed by atoms with Crippen LogP contribution in [0.25, 0.3) is 0 Å². The molecule has 2 aromatic rings. The van der Waals surface area contributed by atoms with E-state index in [1.54, 1.807) is 0 Å². The van der Waals surface area contributed by atoms with E-state index >= 15 is 0 Å². The average Bonchev–Trinajstić information content (AvgIpc) is 2.82. The van der Waals surface area contributed by atoms with Crippen LogP contribution in [-0.2, 0) is 0 Å². The van der Waals surface area contributed by atoms with Crippen molar-refractivity contribution in [3.05, 3.63) is 40.4 Å². The van der Waals surface area contributed by atoms with E-state index in [2.05, 4.69) is 16.5 Å². The number of nitrogens with zero attached hydrogens (tertiary/aromatic N) is 2. The Balaban J connectivity index is 2.12. The molecule has 96 valence electrons. The minimum absolute atomic E-state index is 0.162. The van der Waals surface area contributed by atoms with Gasteiger partial charge >= 0.3 is 0 Å². The minimum Gasteiger partial charge on any atom is -0.494 e. The highest BCUT2D eigenvalue weighted by atomic mass is 32.1. The van der Waals surface area contributed by atoms with Crippen molar-refractivity contribution in [2.45, 2.75) is 26.3 Å². The summed E-state index contributed by atoms with van der Waals surface area (Å²) >= 11 is 1.35. The molecular weight excluding hydrogens is 246 g/mol. The van der Waals surface area contributed by atoms with Gasteiger partial charge in [-0.15, -0.1) is 5.10 Å². The number of nitrogens with two attached hydrogens (primary N) is 1. The number of benzene rings is 1. The van der Waals surface area contributed by atoms with Crippen molar-refractivity contribution >= 4 is 11.5 Å². The molecule has 0 aliphatic carbocycles. The summed E-state index contributed by atoms with van der Waals surface area (Å²) in [6, 6.07) is 7.73. The fraction of sp³-hybridized carbons (Fsp3) is 0.385. The fourth-order valence-electron chi connectivity index (χ4n) is 1.67. The first-order valence-electron chi connectivity index (χ1n) is 5.99. The fourth-order valence-corrected chi connectivity index (χ4v) is 2.34. The van der Waals surface area contributed by atoms with Gasteiger partial charge in [0.05, 0.1) is 23.2 Å². The molecule has 1 aromatic carbocycles. The Bertz CT molecular complexity index is 495. The maximum atomic E-state index is 6.20. The van der Waals surface area contributed by atoms with Crippen LogP contribution in [0.5, 0.6) is 5.75 Å². The van der Waals surface area contributed by atoms with Crippen molar-refractivity contribution in [2.24, 2.45) is 5.73 Å². The first kappa shape index (κ1) is 13.0. The Kier molecular flexibility index (Phi) is 4.28. The third-order valence-corrected chi connectivity index (χ3v) is 3.59. The van der Waals surface area contributed by atoms with Crippen LogP contribution in [-0.4, -0.2) is 16.2 Å². The molecule has 1 heterocycles. The zero-order valence-electron chi connectivity index (χ0n) is 10.6. The summed E-state index contributed by atoms with van der Waals surface area (Å²) in [5.74, 6) is 0.881. The summed E-state index contributed by atoms with van der Waals surface area (Å²) in [7, 11) is 0. The van der Waals surface area contributed by atoms with Crippen LogP contribution in [0.1, 0.15) is 35.5 Å². The lowest BCUT2D eigenvalue weighted by atomic mass is 10.1. The Morgan fingerprint density at radius 1 is 1.33 bits per heavy atom. The summed E-state index contributed by atoms with van der Waals surface area (Å²) < 4.78 is 9.45. The number of aryl methyl sites for hydroxylation is 1. The van der Waals surface area contributed by atoms with Gasteiger partial charge < -0.3 is 10.5 Å². The van der Waals surface area contributed by atoms with Gasteiger partial charge in [-0.2, -0.15) is 0 Å². The lowest BCUT2D eigenvalue weighted by molar-refractivity contribution is 0.317. The number of hydrogen-bond donors (Lipinski definition) is 1. The Labute approximate surface area is 111 Å². The van der Waals surface area contributed by atoms with Crippen LogP contribution >= 0.6 is 11.5 Å². The third kappa shape index (κ3) is 2.86. The standard InChI is InChI=1S/C13H17N3OS/c1-3-8-17-11-6-4-10(5-7-11)12(14)13-9(2)15-16-18-13/h4-7,12H,3,8,14H2,1-2H3. The van der Waals surface area contributed by atoms with Crippen molar-refractivity contribution in [3.63, 3.8) is 0 Å². The van der Waals surface area contributed by atoms with Crippen molar-refractivity contribution in [2.75, 3.05) is 6.61 Å². The predicted octanol–water partition coefficient (Wildman–Crippen LogP) is 2.68. The molecule has 1 atom stereocenters. The van der Waals surface area contributed by atoms with Gasteiger partial charge in [0.2, 0.25) is 0 Å². The van der Waals surface area contributed by atoms with E-state index in [0.717, 1.165) is 34.9 Å². The topological polar surface area (TPSA) is 61.0 Å². The molecule has 0 radical (unpaired) electrons. The number of aromatic nitrogens is 2. The molecule has 4 nitrogen and oxygen atoms in total.